The summed E-state index contributed by atoms with van der Waals surface area (Å²) in [6.07, 6.45) is 0. The van der Waals surface area contributed by atoms with E-state index in [1.807, 2.05) is 38.1 Å². The van der Waals surface area contributed by atoms with E-state index in [0.717, 1.165) is 5.56 Å². The third kappa shape index (κ3) is 4.69. The van der Waals surface area contributed by atoms with Crippen molar-refractivity contribution >= 4 is 33.2 Å². The molecule has 146 valence electrons. The Balaban J connectivity index is 2.41. The van der Waals surface area contributed by atoms with Crippen LogP contribution in [-0.4, -0.2) is 31.7 Å². The van der Waals surface area contributed by atoms with Crippen LogP contribution < -0.4 is 5.32 Å². The van der Waals surface area contributed by atoms with Gasteiger partial charge < -0.3 is 5.32 Å². The van der Waals surface area contributed by atoms with Gasteiger partial charge in [0.1, 0.15) is 0 Å². The number of nitrogens with zero attached hydrogens (tertiary/aromatic N) is 1. The molecule has 0 atom stereocenters. The number of para-hydroxylation sites is 1. The molecule has 0 aliphatic heterocycles. The fourth-order valence-corrected chi connectivity index (χ4v) is 4.18. The number of rotatable bonds is 6. The Kier molecular flexibility index (Phi) is 6.68. The lowest BCUT2D eigenvalue weighted by molar-refractivity contribution is 0.102. The first kappa shape index (κ1) is 21.4. The van der Waals surface area contributed by atoms with Crippen LogP contribution in [0.4, 0.5) is 5.69 Å². The molecule has 2 rings (SSSR count). The highest BCUT2D eigenvalue weighted by molar-refractivity contribution is 7.89. The molecule has 2 aromatic carbocycles. The number of hydrogen-bond donors (Lipinski definition) is 1. The van der Waals surface area contributed by atoms with Gasteiger partial charge in [0, 0.05) is 18.8 Å². The number of amides is 1. The molecule has 0 aromatic heterocycles. The van der Waals surface area contributed by atoms with Crippen LogP contribution in [0.1, 0.15) is 49.5 Å². The summed E-state index contributed by atoms with van der Waals surface area (Å²) in [7, 11) is -2.20. The smallest absolute Gasteiger partial charge is 0.257 e. The summed E-state index contributed by atoms with van der Waals surface area (Å²) in [5.74, 6) is -0.222. The number of anilines is 1. The number of halogens is 1. The Morgan fingerprint density at radius 1 is 1.07 bits per heavy atom. The second-order valence-corrected chi connectivity index (χ2v) is 9.36. The predicted octanol–water partition coefficient (Wildman–Crippen LogP) is 4.74. The molecule has 1 amide bonds. The molecule has 0 saturated heterocycles. The highest BCUT2D eigenvalue weighted by Crippen LogP contribution is 2.27. The van der Waals surface area contributed by atoms with Gasteiger partial charge in [0.25, 0.3) is 5.91 Å². The molecule has 0 bridgehead atoms. The Bertz CT molecular complexity index is 940. The average Bonchev–Trinajstić information content (AvgIpc) is 2.61. The van der Waals surface area contributed by atoms with E-state index >= 15 is 0 Å². The van der Waals surface area contributed by atoms with E-state index < -0.39 is 15.9 Å². The minimum atomic E-state index is -3.71. The van der Waals surface area contributed by atoms with Crippen LogP contribution in [0.2, 0.25) is 5.02 Å². The second-order valence-electron chi connectivity index (χ2n) is 6.95. The molecule has 27 heavy (non-hydrogen) atoms. The zero-order chi connectivity index (χ0) is 20.4. The van der Waals surface area contributed by atoms with Crippen LogP contribution in [0.15, 0.2) is 47.4 Å². The Morgan fingerprint density at radius 2 is 1.70 bits per heavy atom. The van der Waals surface area contributed by atoms with Gasteiger partial charge in [-0.15, -0.1) is 0 Å². The number of sulfonamides is 1. The number of carbonyl (C=O) groups is 1. The molecule has 1 N–H and O–H groups in total. The van der Waals surface area contributed by atoms with Gasteiger partial charge >= 0.3 is 0 Å². The molecule has 7 heteroatoms. The van der Waals surface area contributed by atoms with Gasteiger partial charge in [-0.25, -0.2) is 8.42 Å². The summed E-state index contributed by atoms with van der Waals surface area (Å²) in [6, 6.07) is 11.5. The lowest BCUT2D eigenvalue weighted by atomic mass is 10.0. The lowest BCUT2D eigenvalue weighted by Crippen LogP contribution is -2.33. The largest absolute Gasteiger partial charge is 0.322 e. The maximum Gasteiger partial charge on any atom is 0.257 e. The van der Waals surface area contributed by atoms with Crippen molar-refractivity contribution in [2.24, 2.45) is 0 Å². The minimum Gasteiger partial charge on any atom is -0.322 e. The maximum atomic E-state index is 12.8. The van der Waals surface area contributed by atoms with Crippen molar-refractivity contribution in [3.8, 4) is 0 Å². The van der Waals surface area contributed by atoms with Gasteiger partial charge in [0.2, 0.25) is 10.0 Å². The van der Waals surface area contributed by atoms with E-state index in [-0.39, 0.29) is 27.4 Å². The second kappa shape index (κ2) is 8.42. The van der Waals surface area contributed by atoms with Gasteiger partial charge in [-0.3, -0.25) is 4.79 Å². The first-order valence-electron chi connectivity index (χ1n) is 8.73. The maximum absolute atomic E-state index is 12.8. The fraction of sp³-hybridized carbons (Fsp3) is 0.350. The minimum absolute atomic E-state index is 0.0328. The molecular weight excluding hydrogens is 384 g/mol. The van der Waals surface area contributed by atoms with E-state index in [1.165, 1.54) is 29.6 Å². The van der Waals surface area contributed by atoms with E-state index in [9.17, 15) is 13.2 Å². The molecule has 5 nitrogen and oxygen atoms in total. The number of benzene rings is 2. The van der Waals surface area contributed by atoms with Crippen LogP contribution >= 0.6 is 11.6 Å². The average molecular weight is 409 g/mol. The Hall–Kier alpha value is -1.89. The summed E-state index contributed by atoms with van der Waals surface area (Å²) in [4.78, 5) is 12.8. The highest BCUT2D eigenvalue weighted by Gasteiger charge is 2.25. The SMILES string of the molecule is CC(C)c1ccccc1NC(=O)c1cc(S(=O)(=O)N(C)C(C)C)ccc1Cl. The fourth-order valence-electron chi connectivity index (χ4n) is 2.59. The van der Waals surface area contributed by atoms with Crippen molar-refractivity contribution in [1.82, 2.24) is 4.31 Å². The van der Waals surface area contributed by atoms with Crippen molar-refractivity contribution in [3.05, 3.63) is 58.6 Å². The predicted molar refractivity (Wildman–Crippen MR) is 110 cm³/mol. The van der Waals surface area contributed by atoms with Crippen molar-refractivity contribution < 1.29 is 13.2 Å². The molecule has 0 aliphatic rings. The quantitative estimate of drug-likeness (QED) is 0.750. The standard InChI is InChI=1S/C20H25ClN2O3S/c1-13(2)16-8-6-7-9-19(16)22-20(24)17-12-15(10-11-18(17)21)27(25,26)23(5)14(3)4/h6-14H,1-5H3,(H,22,24). The molecule has 0 radical (unpaired) electrons. The third-order valence-electron chi connectivity index (χ3n) is 4.42. The summed E-state index contributed by atoms with van der Waals surface area (Å²) < 4.78 is 26.7. The molecule has 0 unspecified atom stereocenters. The molecule has 2 aromatic rings. The Labute approximate surface area is 166 Å². The number of carbonyl (C=O) groups excluding carboxylic acids is 1. The summed E-state index contributed by atoms with van der Waals surface area (Å²) >= 11 is 6.18. The topological polar surface area (TPSA) is 66.5 Å². The van der Waals surface area contributed by atoms with Gasteiger partial charge in [0.05, 0.1) is 15.5 Å². The molecule has 0 saturated carbocycles. The van der Waals surface area contributed by atoms with Crippen molar-refractivity contribution in [2.45, 2.75) is 44.6 Å². The number of nitrogens with one attached hydrogen (secondary N) is 1. The van der Waals surface area contributed by atoms with E-state index in [1.54, 1.807) is 13.8 Å². The van der Waals surface area contributed by atoms with E-state index in [0.29, 0.717) is 5.69 Å². The number of hydrogen-bond acceptors (Lipinski definition) is 3. The van der Waals surface area contributed by atoms with Crippen LogP contribution in [0.25, 0.3) is 0 Å². The van der Waals surface area contributed by atoms with Crippen LogP contribution in [-0.2, 0) is 10.0 Å². The molecular formula is C20H25ClN2O3S. The first-order valence-corrected chi connectivity index (χ1v) is 10.6. The zero-order valence-electron chi connectivity index (χ0n) is 16.2. The molecule has 0 aliphatic carbocycles. The zero-order valence-corrected chi connectivity index (χ0v) is 17.7. The van der Waals surface area contributed by atoms with E-state index in [2.05, 4.69) is 5.32 Å². The van der Waals surface area contributed by atoms with Crippen molar-refractivity contribution in [3.63, 3.8) is 0 Å². The highest BCUT2D eigenvalue weighted by atomic mass is 35.5. The van der Waals surface area contributed by atoms with Crippen molar-refractivity contribution in [1.29, 1.82) is 0 Å². The summed E-state index contributed by atoms with van der Waals surface area (Å²) in [6.45, 7) is 7.63. The van der Waals surface area contributed by atoms with Gasteiger partial charge in [-0.2, -0.15) is 4.31 Å². The van der Waals surface area contributed by atoms with Crippen LogP contribution in [0.5, 0.6) is 0 Å². The lowest BCUT2D eigenvalue weighted by Gasteiger charge is -2.21. The van der Waals surface area contributed by atoms with Crippen LogP contribution in [0.3, 0.4) is 0 Å². The van der Waals surface area contributed by atoms with Gasteiger partial charge in [-0.1, -0.05) is 43.6 Å². The summed E-state index contributed by atoms with van der Waals surface area (Å²) in [5.41, 5.74) is 1.79. The normalized spacial score (nSPS) is 12.0. The third-order valence-corrected chi connectivity index (χ3v) is 6.78. The molecule has 0 spiro atoms. The molecule has 0 heterocycles. The van der Waals surface area contributed by atoms with E-state index in [4.69, 9.17) is 11.6 Å². The van der Waals surface area contributed by atoms with Gasteiger partial charge in [-0.05, 0) is 49.6 Å². The molecule has 0 fully saturated rings. The Morgan fingerprint density at radius 3 is 2.30 bits per heavy atom. The van der Waals surface area contributed by atoms with Crippen molar-refractivity contribution in [2.75, 3.05) is 12.4 Å². The van der Waals surface area contributed by atoms with Gasteiger partial charge in [0.15, 0.2) is 0 Å². The van der Waals surface area contributed by atoms with Crippen LogP contribution in [0, 0.1) is 0 Å². The first-order chi connectivity index (χ1) is 12.6. The monoisotopic (exact) mass is 408 g/mol. The summed E-state index contributed by atoms with van der Waals surface area (Å²) in [5, 5.41) is 3.04.